The van der Waals surface area contributed by atoms with Crippen LogP contribution in [0.25, 0.3) is 0 Å². The molecule has 0 radical (unpaired) electrons. The molecule has 7 heteroatoms. The molecule has 0 amide bonds. The largest absolute Gasteiger partial charge is 0.391 e. The van der Waals surface area contributed by atoms with E-state index in [0.717, 1.165) is 6.42 Å². The third-order valence-corrected chi connectivity index (χ3v) is 4.52. The fourth-order valence-electron chi connectivity index (χ4n) is 3.04. The molecule has 1 aliphatic carbocycles. The van der Waals surface area contributed by atoms with Gasteiger partial charge in [0.2, 0.25) is 0 Å². The van der Waals surface area contributed by atoms with Crippen LogP contribution in [0.1, 0.15) is 50.8 Å². The molecule has 1 saturated carbocycles. The topological polar surface area (TPSA) is 38.0 Å². The van der Waals surface area contributed by atoms with E-state index in [1.165, 1.54) is 6.20 Å². The van der Waals surface area contributed by atoms with Gasteiger partial charge in [0.1, 0.15) is 0 Å². The van der Waals surface area contributed by atoms with E-state index in [9.17, 15) is 18.3 Å². The zero-order chi connectivity index (χ0) is 15.6. The molecule has 1 aromatic heterocycles. The lowest BCUT2D eigenvalue weighted by molar-refractivity contribution is -0.186. The Morgan fingerprint density at radius 1 is 1.38 bits per heavy atom. The SMILES string of the molecule is CCCn1ncc(Cl)c1C(O)C1CCC(C(F)(F)F)CC1. The summed E-state index contributed by atoms with van der Waals surface area (Å²) >= 11 is 6.07. The van der Waals surface area contributed by atoms with E-state index >= 15 is 0 Å². The summed E-state index contributed by atoms with van der Waals surface area (Å²) in [6.07, 6.45) is -1.78. The number of hydrogen-bond acceptors (Lipinski definition) is 2. The van der Waals surface area contributed by atoms with E-state index in [4.69, 9.17) is 11.6 Å². The first-order valence-electron chi connectivity index (χ1n) is 7.30. The Labute approximate surface area is 127 Å². The van der Waals surface area contributed by atoms with Crippen LogP contribution in [-0.2, 0) is 6.54 Å². The summed E-state index contributed by atoms with van der Waals surface area (Å²) in [4.78, 5) is 0. The lowest BCUT2D eigenvalue weighted by Crippen LogP contribution is -2.30. The normalized spacial score (nSPS) is 25.0. The van der Waals surface area contributed by atoms with Crippen LogP contribution >= 0.6 is 11.6 Å². The van der Waals surface area contributed by atoms with Crippen LogP contribution in [0.15, 0.2) is 6.20 Å². The van der Waals surface area contributed by atoms with Crippen molar-refractivity contribution in [1.29, 1.82) is 0 Å². The minimum absolute atomic E-state index is 0.0742. The minimum Gasteiger partial charge on any atom is -0.386 e. The van der Waals surface area contributed by atoms with E-state index < -0.39 is 18.2 Å². The molecule has 1 heterocycles. The van der Waals surface area contributed by atoms with Crippen LogP contribution in [0.2, 0.25) is 5.02 Å². The number of aliphatic hydroxyl groups is 1. The van der Waals surface area contributed by atoms with Crippen molar-refractivity contribution in [3.05, 3.63) is 16.9 Å². The van der Waals surface area contributed by atoms with Gasteiger partial charge < -0.3 is 5.11 Å². The van der Waals surface area contributed by atoms with Crippen LogP contribution in [0.4, 0.5) is 13.2 Å². The number of hydrogen-bond donors (Lipinski definition) is 1. The highest BCUT2D eigenvalue weighted by Gasteiger charge is 2.43. The maximum absolute atomic E-state index is 12.7. The van der Waals surface area contributed by atoms with Crippen molar-refractivity contribution < 1.29 is 18.3 Å². The van der Waals surface area contributed by atoms with Crippen molar-refractivity contribution >= 4 is 11.6 Å². The van der Waals surface area contributed by atoms with Crippen molar-refractivity contribution in [2.45, 2.75) is 57.9 Å². The van der Waals surface area contributed by atoms with Gasteiger partial charge in [-0.25, -0.2) is 0 Å². The Morgan fingerprint density at radius 2 is 2.00 bits per heavy atom. The van der Waals surface area contributed by atoms with Gasteiger partial charge in [-0.3, -0.25) is 4.68 Å². The molecule has 1 atom stereocenters. The molecule has 120 valence electrons. The molecule has 1 unspecified atom stereocenters. The Balaban J connectivity index is 2.05. The highest BCUT2D eigenvalue weighted by atomic mass is 35.5. The highest BCUT2D eigenvalue weighted by Crippen LogP contribution is 2.43. The van der Waals surface area contributed by atoms with Gasteiger partial charge in [0.15, 0.2) is 0 Å². The maximum Gasteiger partial charge on any atom is 0.391 e. The molecule has 1 aromatic rings. The van der Waals surface area contributed by atoms with Gasteiger partial charge in [0.05, 0.1) is 28.9 Å². The highest BCUT2D eigenvalue weighted by molar-refractivity contribution is 6.31. The Bertz CT molecular complexity index is 467. The van der Waals surface area contributed by atoms with Crippen molar-refractivity contribution in [1.82, 2.24) is 9.78 Å². The number of nitrogens with zero attached hydrogens (tertiary/aromatic N) is 2. The number of aliphatic hydroxyl groups excluding tert-OH is 1. The molecule has 3 nitrogen and oxygen atoms in total. The lowest BCUT2D eigenvalue weighted by Gasteiger charge is -2.32. The summed E-state index contributed by atoms with van der Waals surface area (Å²) < 4.78 is 39.7. The third-order valence-electron chi connectivity index (χ3n) is 4.23. The maximum atomic E-state index is 12.7. The second-order valence-electron chi connectivity index (χ2n) is 5.70. The second kappa shape index (κ2) is 6.57. The standard InChI is InChI=1S/C14H20ClF3N2O/c1-2-7-20-12(11(15)8-19-20)13(21)9-3-5-10(6-4-9)14(16,17)18/h8-10,13,21H,2-7H2,1H3. The first-order chi connectivity index (χ1) is 9.84. The van der Waals surface area contributed by atoms with E-state index in [1.807, 2.05) is 6.92 Å². The zero-order valence-electron chi connectivity index (χ0n) is 11.9. The van der Waals surface area contributed by atoms with Crippen LogP contribution in [0, 0.1) is 11.8 Å². The Kier molecular flexibility index (Phi) is 5.20. The quantitative estimate of drug-likeness (QED) is 0.894. The zero-order valence-corrected chi connectivity index (χ0v) is 12.7. The fraction of sp³-hybridized carbons (Fsp3) is 0.786. The number of aromatic nitrogens is 2. The van der Waals surface area contributed by atoms with Crippen molar-refractivity contribution in [3.63, 3.8) is 0 Å². The molecule has 21 heavy (non-hydrogen) atoms. The molecule has 0 aliphatic heterocycles. The predicted molar refractivity (Wildman–Crippen MR) is 74.0 cm³/mol. The first-order valence-corrected chi connectivity index (χ1v) is 7.68. The van der Waals surface area contributed by atoms with Gasteiger partial charge in [0, 0.05) is 6.54 Å². The molecular weight excluding hydrogens is 305 g/mol. The Hall–Kier alpha value is -0.750. The smallest absolute Gasteiger partial charge is 0.386 e. The summed E-state index contributed by atoms with van der Waals surface area (Å²) in [5.74, 6) is -1.43. The van der Waals surface area contributed by atoms with Gasteiger partial charge in [-0.15, -0.1) is 0 Å². The number of rotatable bonds is 4. The van der Waals surface area contributed by atoms with Crippen LogP contribution in [-0.4, -0.2) is 21.1 Å². The van der Waals surface area contributed by atoms with Crippen LogP contribution in [0.3, 0.4) is 0 Å². The lowest BCUT2D eigenvalue weighted by atomic mass is 9.78. The molecular formula is C14H20ClF3N2O. The van der Waals surface area contributed by atoms with Gasteiger partial charge in [-0.05, 0) is 38.0 Å². The molecule has 0 bridgehead atoms. The average Bonchev–Trinajstić information content (AvgIpc) is 2.79. The van der Waals surface area contributed by atoms with E-state index in [1.54, 1.807) is 4.68 Å². The molecule has 1 fully saturated rings. The second-order valence-corrected chi connectivity index (χ2v) is 6.11. The third kappa shape index (κ3) is 3.72. The number of halogens is 4. The average molecular weight is 325 g/mol. The predicted octanol–water partition coefficient (Wildman–Crippen LogP) is 4.35. The van der Waals surface area contributed by atoms with Crippen molar-refractivity contribution in [2.75, 3.05) is 0 Å². The van der Waals surface area contributed by atoms with Gasteiger partial charge in [-0.1, -0.05) is 18.5 Å². The van der Waals surface area contributed by atoms with Gasteiger partial charge >= 0.3 is 6.18 Å². The molecule has 0 spiro atoms. The first kappa shape index (κ1) is 16.6. The molecule has 0 saturated heterocycles. The van der Waals surface area contributed by atoms with E-state index in [-0.39, 0.29) is 18.8 Å². The van der Waals surface area contributed by atoms with Gasteiger partial charge in [-0.2, -0.15) is 18.3 Å². The minimum atomic E-state index is -4.13. The van der Waals surface area contributed by atoms with Crippen LogP contribution in [0.5, 0.6) is 0 Å². The molecule has 1 N–H and O–H groups in total. The molecule has 1 aliphatic rings. The van der Waals surface area contributed by atoms with E-state index in [2.05, 4.69) is 5.10 Å². The summed E-state index contributed by atoms with van der Waals surface area (Å²) in [5, 5.41) is 15.0. The molecule has 0 aromatic carbocycles. The molecule has 2 rings (SSSR count). The summed E-state index contributed by atoms with van der Waals surface area (Å²) in [6, 6.07) is 0. The monoisotopic (exact) mass is 324 g/mol. The van der Waals surface area contributed by atoms with Crippen LogP contribution < -0.4 is 0 Å². The Morgan fingerprint density at radius 3 is 2.52 bits per heavy atom. The van der Waals surface area contributed by atoms with E-state index in [0.29, 0.717) is 30.1 Å². The van der Waals surface area contributed by atoms with Crippen molar-refractivity contribution in [2.24, 2.45) is 11.8 Å². The fourth-order valence-corrected chi connectivity index (χ4v) is 3.29. The number of aryl methyl sites for hydroxylation is 1. The van der Waals surface area contributed by atoms with Crippen molar-refractivity contribution in [3.8, 4) is 0 Å². The summed E-state index contributed by atoms with van der Waals surface area (Å²) in [5.41, 5.74) is 0.536. The summed E-state index contributed by atoms with van der Waals surface area (Å²) in [6.45, 7) is 2.62. The number of alkyl halides is 3. The van der Waals surface area contributed by atoms with Gasteiger partial charge in [0.25, 0.3) is 0 Å². The summed E-state index contributed by atoms with van der Waals surface area (Å²) in [7, 11) is 0.